The van der Waals surface area contributed by atoms with Crippen molar-refractivity contribution >= 4 is 5.78 Å². The minimum Gasteiger partial charge on any atom is -0.493 e. The van der Waals surface area contributed by atoms with Gasteiger partial charge in [0.05, 0.1) is 26.9 Å². The zero-order valence-corrected chi connectivity index (χ0v) is 13.1. The summed E-state index contributed by atoms with van der Waals surface area (Å²) in [5.41, 5.74) is 0.577. The molecule has 0 aromatic heterocycles. The van der Waals surface area contributed by atoms with Gasteiger partial charge < -0.3 is 14.2 Å². The van der Waals surface area contributed by atoms with Crippen LogP contribution in [0.2, 0.25) is 0 Å². The number of ether oxygens (including phenoxy) is 3. The van der Waals surface area contributed by atoms with Gasteiger partial charge in [-0.3, -0.25) is 4.79 Å². The van der Waals surface area contributed by atoms with Crippen molar-refractivity contribution in [3.05, 3.63) is 17.7 Å². The molecule has 1 fully saturated rings. The van der Waals surface area contributed by atoms with E-state index >= 15 is 0 Å². The molecular formula is C17H24O4. The van der Waals surface area contributed by atoms with Crippen LogP contribution >= 0.6 is 0 Å². The molecule has 0 radical (unpaired) electrons. The van der Waals surface area contributed by atoms with Crippen molar-refractivity contribution in [3.63, 3.8) is 0 Å². The predicted molar refractivity (Wildman–Crippen MR) is 81.6 cm³/mol. The van der Waals surface area contributed by atoms with Crippen molar-refractivity contribution in [1.82, 2.24) is 0 Å². The van der Waals surface area contributed by atoms with Gasteiger partial charge in [0, 0.05) is 6.42 Å². The molecule has 0 saturated heterocycles. The van der Waals surface area contributed by atoms with Crippen LogP contribution in [0.4, 0.5) is 0 Å². The van der Waals surface area contributed by atoms with E-state index in [0.717, 1.165) is 6.42 Å². The summed E-state index contributed by atoms with van der Waals surface area (Å²) >= 11 is 0. The average molecular weight is 292 g/mol. The predicted octanol–water partition coefficient (Wildman–Crippen LogP) is 3.87. The molecule has 0 bridgehead atoms. The van der Waals surface area contributed by atoms with Crippen molar-refractivity contribution in [3.8, 4) is 17.2 Å². The molecule has 1 aliphatic carbocycles. The Kier molecular flexibility index (Phi) is 5.48. The monoisotopic (exact) mass is 292 g/mol. The van der Waals surface area contributed by atoms with Crippen LogP contribution < -0.4 is 14.2 Å². The molecule has 1 aromatic rings. The topological polar surface area (TPSA) is 44.8 Å². The van der Waals surface area contributed by atoms with Gasteiger partial charge in [0.25, 0.3) is 0 Å². The van der Waals surface area contributed by atoms with Gasteiger partial charge in [-0.1, -0.05) is 25.7 Å². The molecule has 4 nitrogen and oxygen atoms in total. The van der Waals surface area contributed by atoms with E-state index in [4.69, 9.17) is 14.2 Å². The highest BCUT2D eigenvalue weighted by Gasteiger charge is 2.22. The molecule has 0 aliphatic heterocycles. The number of ketones is 1. The molecule has 0 amide bonds. The van der Waals surface area contributed by atoms with Gasteiger partial charge in [0.2, 0.25) is 5.75 Å². The standard InChI is InChI=1S/C17H24O4/c1-19-15-11-9-13(16(20-2)17(15)21-3)14(18)10-8-12-6-4-5-7-12/h9,11-12H,4-8,10H2,1-3H3. The van der Waals surface area contributed by atoms with Crippen LogP contribution in [0.25, 0.3) is 0 Å². The van der Waals surface area contributed by atoms with Gasteiger partial charge in [-0.15, -0.1) is 0 Å². The maximum atomic E-state index is 12.5. The Balaban J connectivity index is 2.15. The van der Waals surface area contributed by atoms with Crippen molar-refractivity contribution in [2.75, 3.05) is 21.3 Å². The van der Waals surface area contributed by atoms with Gasteiger partial charge in [-0.25, -0.2) is 0 Å². The Bertz CT molecular complexity index is 490. The lowest BCUT2D eigenvalue weighted by Gasteiger charge is -2.15. The Morgan fingerprint density at radius 1 is 1.05 bits per heavy atom. The van der Waals surface area contributed by atoms with Gasteiger partial charge >= 0.3 is 0 Å². The molecule has 0 unspecified atom stereocenters. The summed E-state index contributed by atoms with van der Waals surface area (Å²) in [6.45, 7) is 0. The van der Waals surface area contributed by atoms with Crippen LogP contribution in [-0.2, 0) is 0 Å². The summed E-state index contributed by atoms with van der Waals surface area (Å²) in [4.78, 5) is 12.5. The number of hydrogen-bond acceptors (Lipinski definition) is 4. The van der Waals surface area contributed by atoms with E-state index in [1.165, 1.54) is 25.7 Å². The fourth-order valence-electron chi connectivity index (χ4n) is 3.09. The van der Waals surface area contributed by atoms with E-state index < -0.39 is 0 Å². The lowest BCUT2D eigenvalue weighted by Crippen LogP contribution is -2.06. The van der Waals surface area contributed by atoms with Gasteiger partial charge in [-0.05, 0) is 24.5 Å². The summed E-state index contributed by atoms with van der Waals surface area (Å²) in [7, 11) is 4.66. The van der Waals surface area contributed by atoms with Crippen molar-refractivity contribution < 1.29 is 19.0 Å². The number of Topliss-reactive ketones (excluding diaryl/α,β-unsaturated/α-hetero) is 1. The van der Waals surface area contributed by atoms with E-state index in [-0.39, 0.29) is 5.78 Å². The van der Waals surface area contributed by atoms with Crippen LogP contribution in [0.3, 0.4) is 0 Å². The maximum absolute atomic E-state index is 12.5. The molecule has 0 N–H and O–H groups in total. The Morgan fingerprint density at radius 3 is 2.29 bits per heavy atom. The lowest BCUT2D eigenvalue weighted by atomic mass is 9.97. The first-order chi connectivity index (χ1) is 10.2. The Morgan fingerprint density at radius 2 is 1.71 bits per heavy atom. The van der Waals surface area contributed by atoms with Crippen molar-refractivity contribution in [1.29, 1.82) is 0 Å². The number of hydrogen-bond donors (Lipinski definition) is 0. The van der Waals surface area contributed by atoms with Gasteiger partial charge in [0.15, 0.2) is 17.3 Å². The number of rotatable bonds is 7. The second kappa shape index (κ2) is 7.34. The van der Waals surface area contributed by atoms with Crippen LogP contribution in [0.1, 0.15) is 48.9 Å². The highest BCUT2D eigenvalue weighted by molar-refractivity contribution is 5.99. The summed E-state index contributed by atoms with van der Waals surface area (Å²) in [5, 5.41) is 0. The van der Waals surface area contributed by atoms with E-state index in [9.17, 15) is 4.79 Å². The minimum atomic E-state index is 0.111. The zero-order chi connectivity index (χ0) is 15.2. The van der Waals surface area contributed by atoms with E-state index in [1.807, 2.05) is 0 Å². The van der Waals surface area contributed by atoms with Gasteiger partial charge in [-0.2, -0.15) is 0 Å². The van der Waals surface area contributed by atoms with Crippen molar-refractivity contribution in [2.45, 2.75) is 38.5 Å². The van der Waals surface area contributed by atoms with Gasteiger partial charge in [0.1, 0.15) is 0 Å². The number of methoxy groups -OCH3 is 3. The fourth-order valence-corrected chi connectivity index (χ4v) is 3.09. The van der Waals surface area contributed by atoms with Crippen molar-refractivity contribution in [2.24, 2.45) is 5.92 Å². The van der Waals surface area contributed by atoms with Crippen LogP contribution in [0, 0.1) is 5.92 Å². The van der Waals surface area contributed by atoms with Crippen LogP contribution in [0.15, 0.2) is 12.1 Å². The zero-order valence-electron chi connectivity index (χ0n) is 13.1. The average Bonchev–Trinajstić information content (AvgIpc) is 3.04. The van der Waals surface area contributed by atoms with E-state index in [0.29, 0.717) is 35.2 Å². The molecule has 0 spiro atoms. The second-order valence-electron chi connectivity index (χ2n) is 5.49. The van der Waals surface area contributed by atoms with E-state index in [2.05, 4.69) is 0 Å². The SMILES string of the molecule is COc1ccc(C(=O)CCC2CCCC2)c(OC)c1OC. The molecule has 1 aromatic carbocycles. The first-order valence-electron chi connectivity index (χ1n) is 7.53. The molecular weight excluding hydrogens is 268 g/mol. The first-order valence-corrected chi connectivity index (χ1v) is 7.53. The minimum absolute atomic E-state index is 0.111. The molecule has 0 atom stereocenters. The molecule has 4 heteroatoms. The molecule has 1 saturated carbocycles. The molecule has 21 heavy (non-hydrogen) atoms. The lowest BCUT2D eigenvalue weighted by molar-refractivity contribution is 0.0970. The van der Waals surface area contributed by atoms with E-state index in [1.54, 1.807) is 33.5 Å². The summed E-state index contributed by atoms with van der Waals surface area (Å²) in [6, 6.07) is 3.52. The highest BCUT2D eigenvalue weighted by Crippen LogP contribution is 2.40. The number of carbonyl (C=O) groups is 1. The van der Waals surface area contributed by atoms with Crippen LogP contribution in [0.5, 0.6) is 17.2 Å². The second-order valence-corrected chi connectivity index (χ2v) is 5.49. The summed E-state index contributed by atoms with van der Waals surface area (Å²) < 4.78 is 15.9. The summed E-state index contributed by atoms with van der Waals surface area (Å²) in [5.74, 6) is 2.33. The fraction of sp³-hybridized carbons (Fsp3) is 0.588. The number of carbonyl (C=O) groups excluding carboxylic acids is 1. The normalized spacial score (nSPS) is 15.0. The van der Waals surface area contributed by atoms with Crippen LogP contribution in [-0.4, -0.2) is 27.1 Å². The molecule has 2 rings (SSSR count). The Labute approximate surface area is 126 Å². The quantitative estimate of drug-likeness (QED) is 0.716. The molecule has 0 heterocycles. The maximum Gasteiger partial charge on any atom is 0.204 e. The molecule has 116 valence electrons. The molecule has 1 aliphatic rings. The largest absolute Gasteiger partial charge is 0.493 e. The first kappa shape index (κ1) is 15.7. The third kappa shape index (κ3) is 3.49. The Hall–Kier alpha value is -1.71. The highest BCUT2D eigenvalue weighted by atomic mass is 16.5. The summed E-state index contributed by atoms with van der Waals surface area (Å²) in [6.07, 6.45) is 6.66. The smallest absolute Gasteiger partial charge is 0.204 e. The third-order valence-corrected chi connectivity index (χ3v) is 4.26. The third-order valence-electron chi connectivity index (χ3n) is 4.26. The number of benzene rings is 1.